The first-order valence-electron chi connectivity index (χ1n) is 7.48. The average molecular weight is 299 g/mol. The van der Waals surface area contributed by atoms with Crippen molar-refractivity contribution in [1.82, 2.24) is 5.32 Å². The molecule has 0 bridgehead atoms. The lowest BCUT2D eigenvalue weighted by Gasteiger charge is -2.30. The maximum Gasteiger partial charge on any atom is 0.238 e. The quantitative estimate of drug-likeness (QED) is 0.667. The predicted molar refractivity (Wildman–Crippen MR) is 90.1 cm³/mol. The first-order chi connectivity index (χ1) is 10.2. The van der Waals surface area contributed by atoms with Crippen molar-refractivity contribution in [2.45, 2.75) is 38.5 Å². The molecule has 0 spiro atoms. The van der Waals surface area contributed by atoms with Crippen molar-refractivity contribution >= 4 is 23.0 Å². The van der Waals surface area contributed by atoms with Gasteiger partial charge in [-0.1, -0.05) is 67.7 Å². The van der Waals surface area contributed by atoms with Gasteiger partial charge in [-0.15, -0.1) is 6.42 Å². The summed E-state index contributed by atoms with van der Waals surface area (Å²) in [6.45, 7) is 0.423. The molecule has 0 atom stereocenters. The molecule has 0 saturated heterocycles. The van der Waals surface area contributed by atoms with E-state index in [1.54, 1.807) is 0 Å². The molecule has 1 saturated carbocycles. The molecule has 0 aliphatic heterocycles. The number of hydrogen-bond acceptors (Lipinski definition) is 2. The molecule has 2 nitrogen and oxygen atoms in total. The molecular formula is C18H21NOS. The third-order valence-corrected chi connectivity index (χ3v) is 4.40. The molecule has 2 rings (SSSR count). The zero-order chi connectivity index (χ0) is 15.1. The van der Waals surface area contributed by atoms with Gasteiger partial charge in [-0.2, -0.15) is 0 Å². The van der Waals surface area contributed by atoms with Crippen LogP contribution in [0.25, 0.3) is 0 Å². The predicted octanol–water partition coefficient (Wildman–Crippen LogP) is 3.30. The van der Waals surface area contributed by atoms with Crippen molar-refractivity contribution in [2.75, 3.05) is 6.54 Å². The normalized spacial score (nSPS) is 16.7. The average Bonchev–Trinajstić information content (AvgIpc) is 2.54. The molecule has 1 aliphatic carbocycles. The molecule has 0 unspecified atom stereocenters. The van der Waals surface area contributed by atoms with E-state index in [0.29, 0.717) is 13.0 Å². The Bertz CT molecular complexity index is 538. The molecule has 1 aromatic rings. The molecular weight excluding hydrogens is 278 g/mol. The molecule has 1 aliphatic rings. The second kappa shape index (κ2) is 7.38. The highest BCUT2D eigenvalue weighted by Crippen LogP contribution is 2.35. The number of terminal acetylenes is 1. The van der Waals surface area contributed by atoms with E-state index in [4.69, 9.17) is 18.6 Å². The van der Waals surface area contributed by atoms with E-state index in [1.165, 1.54) is 12.0 Å². The smallest absolute Gasteiger partial charge is 0.238 e. The minimum absolute atomic E-state index is 0.0277. The van der Waals surface area contributed by atoms with Crippen molar-refractivity contribution in [3.8, 4) is 12.3 Å². The van der Waals surface area contributed by atoms with E-state index in [9.17, 15) is 4.79 Å². The van der Waals surface area contributed by atoms with E-state index < -0.39 is 5.41 Å². The monoisotopic (exact) mass is 299 g/mol. The molecule has 1 aromatic carbocycles. The van der Waals surface area contributed by atoms with Crippen molar-refractivity contribution < 1.29 is 4.79 Å². The van der Waals surface area contributed by atoms with Crippen molar-refractivity contribution in [2.24, 2.45) is 5.41 Å². The minimum atomic E-state index is -0.611. The fraction of sp³-hybridized carbons (Fsp3) is 0.444. The van der Waals surface area contributed by atoms with Gasteiger partial charge in [0.1, 0.15) is 5.41 Å². The summed E-state index contributed by atoms with van der Waals surface area (Å²) < 4.78 is 0. The highest BCUT2D eigenvalue weighted by atomic mass is 32.1. The van der Waals surface area contributed by atoms with E-state index in [0.717, 1.165) is 30.5 Å². The Balaban J connectivity index is 1.86. The Morgan fingerprint density at radius 2 is 1.90 bits per heavy atom. The van der Waals surface area contributed by atoms with Crippen LogP contribution in [-0.4, -0.2) is 17.3 Å². The largest absolute Gasteiger partial charge is 0.350 e. The number of thiocarbonyl (C=S) groups is 1. The highest BCUT2D eigenvalue weighted by molar-refractivity contribution is 7.80. The number of amides is 1. The lowest BCUT2D eigenvalue weighted by Crippen LogP contribution is -2.43. The Morgan fingerprint density at radius 3 is 2.52 bits per heavy atom. The summed E-state index contributed by atoms with van der Waals surface area (Å²) in [4.78, 5) is 13.2. The van der Waals surface area contributed by atoms with E-state index in [2.05, 4.69) is 11.2 Å². The summed E-state index contributed by atoms with van der Waals surface area (Å²) >= 11 is 5.36. The topological polar surface area (TPSA) is 29.1 Å². The Labute approximate surface area is 132 Å². The van der Waals surface area contributed by atoms with Crippen LogP contribution in [0.4, 0.5) is 0 Å². The van der Waals surface area contributed by atoms with Gasteiger partial charge in [0, 0.05) is 17.8 Å². The molecule has 21 heavy (non-hydrogen) atoms. The van der Waals surface area contributed by atoms with Crippen LogP contribution < -0.4 is 5.32 Å². The molecule has 0 aromatic heterocycles. The minimum Gasteiger partial charge on any atom is -0.350 e. The Kier molecular flexibility index (Phi) is 5.52. The highest BCUT2D eigenvalue weighted by Gasteiger charge is 2.37. The summed E-state index contributed by atoms with van der Waals surface area (Å²) in [5.74, 6) is 2.71. The van der Waals surface area contributed by atoms with Crippen LogP contribution in [0.15, 0.2) is 30.3 Å². The van der Waals surface area contributed by atoms with Crippen molar-refractivity contribution in [3.63, 3.8) is 0 Å². The summed E-state index contributed by atoms with van der Waals surface area (Å²) in [6.07, 6.45) is 11.2. The standard InChI is InChI=1S/C18H21NOS/c1-2-18(11-7-4-8-12-18)17(20)19-14-16(21)13-15-9-5-3-6-10-15/h1,3,5-6,9-10H,4,7-8,11-14H2,(H,19,20). The number of carbonyl (C=O) groups is 1. The van der Waals surface area contributed by atoms with Crippen LogP contribution >= 0.6 is 12.2 Å². The number of carbonyl (C=O) groups excluding carboxylic acids is 1. The van der Waals surface area contributed by atoms with E-state index in [1.807, 2.05) is 30.3 Å². The molecule has 1 fully saturated rings. The van der Waals surface area contributed by atoms with Crippen LogP contribution in [-0.2, 0) is 11.2 Å². The van der Waals surface area contributed by atoms with E-state index >= 15 is 0 Å². The Hall–Kier alpha value is -1.66. The van der Waals surface area contributed by atoms with Crippen molar-refractivity contribution in [3.05, 3.63) is 35.9 Å². The maximum atomic E-state index is 12.4. The zero-order valence-electron chi connectivity index (χ0n) is 12.2. The van der Waals surface area contributed by atoms with Crippen molar-refractivity contribution in [1.29, 1.82) is 0 Å². The number of rotatable bonds is 5. The number of benzene rings is 1. The van der Waals surface area contributed by atoms with E-state index in [-0.39, 0.29) is 5.91 Å². The van der Waals surface area contributed by atoms with Gasteiger partial charge < -0.3 is 5.32 Å². The van der Waals surface area contributed by atoms with Crippen LogP contribution in [0.5, 0.6) is 0 Å². The molecule has 3 heteroatoms. The summed E-state index contributed by atoms with van der Waals surface area (Å²) in [6, 6.07) is 10.0. The molecule has 0 radical (unpaired) electrons. The fourth-order valence-electron chi connectivity index (χ4n) is 2.83. The lowest BCUT2D eigenvalue weighted by atomic mass is 9.74. The molecule has 1 N–H and O–H groups in total. The Morgan fingerprint density at radius 1 is 1.24 bits per heavy atom. The first-order valence-corrected chi connectivity index (χ1v) is 7.89. The van der Waals surface area contributed by atoms with Gasteiger partial charge in [0.25, 0.3) is 0 Å². The molecule has 0 heterocycles. The number of nitrogens with one attached hydrogen (secondary N) is 1. The number of hydrogen-bond donors (Lipinski definition) is 1. The van der Waals surface area contributed by atoms with Crippen LogP contribution in [0.3, 0.4) is 0 Å². The SMILES string of the molecule is C#CC1(C(=O)NCC(=S)Cc2ccccc2)CCCCC1. The van der Waals surface area contributed by atoms with Gasteiger partial charge in [0.2, 0.25) is 5.91 Å². The van der Waals surface area contributed by atoms with Gasteiger partial charge in [0.05, 0.1) is 0 Å². The summed E-state index contributed by atoms with van der Waals surface area (Å²) in [7, 11) is 0. The third kappa shape index (κ3) is 4.15. The molecule has 1 amide bonds. The van der Waals surface area contributed by atoms with Gasteiger partial charge in [-0.25, -0.2) is 0 Å². The third-order valence-electron chi connectivity index (χ3n) is 4.11. The molecule has 110 valence electrons. The maximum absolute atomic E-state index is 12.4. The second-order valence-corrected chi connectivity index (χ2v) is 6.25. The lowest BCUT2D eigenvalue weighted by molar-refractivity contribution is -0.129. The van der Waals surface area contributed by atoms with Crippen LogP contribution in [0, 0.1) is 17.8 Å². The van der Waals surface area contributed by atoms with Crippen LogP contribution in [0.1, 0.15) is 37.7 Å². The van der Waals surface area contributed by atoms with Gasteiger partial charge in [-0.05, 0) is 18.4 Å². The zero-order valence-corrected chi connectivity index (χ0v) is 13.0. The first kappa shape index (κ1) is 15.7. The second-order valence-electron chi connectivity index (χ2n) is 5.67. The summed E-state index contributed by atoms with van der Waals surface area (Å²) in [5, 5.41) is 2.94. The van der Waals surface area contributed by atoms with Gasteiger partial charge >= 0.3 is 0 Å². The summed E-state index contributed by atoms with van der Waals surface area (Å²) in [5.41, 5.74) is 0.557. The van der Waals surface area contributed by atoms with Gasteiger partial charge in [0.15, 0.2) is 0 Å². The van der Waals surface area contributed by atoms with Gasteiger partial charge in [-0.3, -0.25) is 4.79 Å². The fourth-order valence-corrected chi connectivity index (χ4v) is 3.07. The van der Waals surface area contributed by atoms with Crippen LogP contribution in [0.2, 0.25) is 0 Å².